The van der Waals surface area contributed by atoms with E-state index in [1.807, 2.05) is 0 Å². The minimum atomic E-state index is -4.90. The molecule has 1 aliphatic heterocycles. The Hall–Kier alpha value is -3.83. The summed E-state index contributed by atoms with van der Waals surface area (Å²) in [4.78, 5) is 35.6. The van der Waals surface area contributed by atoms with Crippen molar-refractivity contribution in [3.05, 3.63) is 52.6 Å². The lowest BCUT2D eigenvalue weighted by Gasteiger charge is -2.31. The van der Waals surface area contributed by atoms with Crippen LogP contribution in [0.1, 0.15) is 6.42 Å². The van der Waals surface area contributed by atoms with Gasteiger partial charge in [0, 0.05) is 6.07 Å². The van der Waals surface area contributed by atoms with Gasteiger partial charge in [-0.25, -0.2) is 0 Å². The first kappa shape index (κ1) is 21.9. The van der Waals surface area contributed by atoms with E-state index in [4.69, 9.17) is 9.47 Å². The molecule has 0 spiro atoms. The maximum atomic E-state index is 13.7. The number of methoxy groups -OCH3 is 1. The van der Waals surface area contributed by atoms with Crippen molar-refractivity contribution < 1.29 is 37.2 Å². The maximum Gasteiger partial charge on any atom is 0.409 e. The van der Waals surface area contributed by atoms with Gasteiger partial charge in [-0.15, -0.1) is 0 Å². The van der Waals surface area contributed by atoms with E-state index in [9.17, 15) is 32.9 Å². The summed E-state index contributed by atoms with van der Waals surface area (Å²) in [6.07, 6.45) is -5.89. The van der Waals surface area contributed by atoms with Gasteiger partial charge in [0.2, 0.25) is 5.91 Å². The fourth-order valence-corrected chi connectivity index (χ4v) is 3.10. The average molecular weight is 439 g/mol. The molecule has 1 N–H and O–H groups in total. The van der Waals surface area contributed by atoms with Crippen molar-refractivity contribution in [2.24, 2.45) is 0 Å². The predicted molar refractivity (Wildman–Crippen MR) is 102 cm³/mol. The molecule has 2 amide bonds. The van der Waals surface area contributed by atoms with Crippen LogP contribution in [-0.4, -0.2) is 42.7 Å². The Balaban J connectivity index is 1.94. The van der Waals surface area contributed by atoms with Crippen LogP contribution < -0.4 is 19.7 Å². The quantitative estimate of drug-likeness (QED) is 0.565. The molecule has 2 aromatic carbocycles. The molecule has 1 heterocycles. The van der Waals surface area contributed by atoms with Crippen molar-refractivity contribution in [3.8, 4) is 11.5 Å². The highest BCUT2D eigenvalue weighted by Gasteiger charge is 2.49. The van der Waals surface area contributed by atoms with Gasteiger partial charge in [-0.3, -0.25) is 24.6 Å². The van der Waals surface area contributed by atoms with Gasteiger partial charge in [0.25, 0.3) is 11.6 Å². The zero-order chi connectivity index (χ0) is 22.8. The van der Waals surface area contributed by atoms with Crippen molar-refractivity contribution in [2.75, 3.05) is 23.9 Å². The molecule has 0 saturated heterocycles. The molecule has 3 rings (SSSR count). The minimum absolute atomic E-state index is 0.0422. The molecule has 9 nitrogen and oxygen atoms in total. The molecule has 164 valence electrons. The number of fused-ring (bicyclic) bond motifs is 1. The number of carbonyl (C=O) groups excluding carboxylic acids is 2. The summed E-state index contributed by atoms with van der Waals surface area (Å²) >= 11 is 0. The number of nitro benzene ring substituents is 1. The Morgan fingerprint density at radius 3 is 2.61 bits per heavy atom. The SMILES string of the molecule is COc1ccc([N+](=O)[O-])cc1OCC(=O)N1c2ccccc2NC(=O)CC1C(F)(F)F. The molecule has 12 heteroatoms. The van der Waals surface area contributed by atoms with E-state index in [0.29, 0.717) is 4.90 Å². The molecule has 0 aromatic heterocycles. The summed E-state index contributed by atoms with van der Waals surface area (Å²) in [5, 5.41) is 13.3. The molecular formula is C19H16F3N3O6. The van der Waals surface area contributed by atoms with Crippen LogP contribution in [0, 0.1) is 10.1 Å². The number of para-hydroxylation sites is 2. The molecule has 1 aliphatic rings. The second kappa shape index (κ2) is 8.50. The lowest BCUT2D eigenvalue weighted by atomic mass is 10.1. The largest absolute Gasteiger partial charge is 0.493 e. The molecule has 1 unspecified atom stereocenters. The smallest absolute Gasteiger partial charge is 0.409 e. The van der Waals surface area contributed by atoms with Gasteiger partial charge in [0.1, 0.15) is 6.04 Å². The van der Waals surface area contributed by atoms with E-state index >= 15 is 0 Å². The van der Waals surface area contributed by atoms with E-state index in [1.54, 1.807) is 0 Å². The normalized spacial score (nSPS) is 16.1. The average Bonchev–Trinajstić information content (AvgIpc) is 2.87. The van der Waals surface area contributed by atoms with Crippen LogP contribution in [0.25, 0.3) is 0 Å². The third-order valence-electron chi connectivity index (χ3n) is 4.48. The predicted octanol–water partition coefficient (Wildman–Crippen LogP) is 3.29. The van der Waals surface area contributed by atoms with Gasteiger partial charge in [-0.1, -0.05) is 12.1 Å². The number of non-ortho nitro benzene ring substituents is 1. The van der Waals surface area contributed by atoms with Crippen LogP contribution in [0.4, 0.5) is 30.2 Å². The van der Waals surface area contributed by atoms with Crippen molar-refractivity contribution in [2.45, 2.75) is 18.6 Å². The zero-order valence-corrected chi connectivity index (χ0v) is 16.0. The van der Waals surface area contributed by atoms with Gasteiger partial charge >= 0.3 is 6.18 Å². The topological polar surface area (TPSA) is 111 Å². The van der Waals surface area contributed by atoms with Crippen molar-refractivity contribution >= 4 is 28.9 Å². The number of halogens is 3. The molecule has 2 aromatic rings. The highest BCUT2D eigenvalue weighted by molar-refractivity contribution is 6.05. The van der Waals surface area contributed by atoms with Gasteiger partial charge < -0.3 is 14.8 Å². The lowest BCUT2D eigenvalue weighted by Crippen LogP contribution is -2.51. The number of amides is 2. The maximum absolute atomic E-state index is 13.7. The monoisotopic (exact) mass is 439 g/mol. The molecule has 0 radical (unpaired) electrons. The second-order valence-corrected chi connectivity index (χ2v) is 6.47. The fourth-order valence-electron chi connectivity index (χ4n) is 3.10. The summed E-state index contributed by atoms with van der Waals surface area (Å²) < 4.78 is 51.4. The molecule has 0 aliphatic carbocycles. The minimum Gasteiger partial charge on any atom is -0.493 e. The third-order valence-corrected chi connectivity index (χ3v) is 4.48. The van der Waals surface area contributed by atoms with Crippen LogP contribution in [0.2, 0.25) is 0 Å². The Morgan fingerprint density at radius 2 is 1.97 bits per heavy atom. The second-order valence-electron chi connectivity index (χ2n) is 6.47. The van der Waals surface area contributed by atoms with Gasteiger partial charge in [0.15, 0.2) is 18.1 Å². The fraction of sp³-hybridized carbons (Fsp3) is 0.263. The number of carbonyl (C=O) groups is 2. The molecule has 0 bridgehead atoms. The number of hydrogen-bond acceptors (Lipinski definition) is 6. The number of anilines is 2. The van der Waals surface area contributed by atoms with Crippen LogP contribution in [-0.2, 0) is 9.59 Å². The third kappa shape index (κ3) is 4.68. The number of benzene rings is 2. The first-order valence-electron chi connectivity index (χ1n) is 8.84. The molecule has 0 fully saturated rings. The molecule has 1 atom stereocenters. The number of hydrogen-bond donors (Lipinski definition) is 1. The molecule has 31 heavy (non-hydrogen) atoms. The van der Waals surface area contributed by atoms with Gasteiger partial charge in [-0.2, -0.15) is 13.2 Å². The first-order chi connectivity index (χ1) is 14.6. The van der Waals surface area contributed by atoms with E-state index in [1.165, 1.54) is 37.4 Å². The van der Waals surface area contributed by atoms with E-state index in [0.717, 1.165) is 12.1 Å². The molecule has 0 saturated carbocycles. The van der Waals surface area contributed by atoms with Crippen molar-refractivity contribution in [1.82, 2.24) is 0 Å². The summed E-state index contributed by atoms with van der Waals surface area (Å²) in [6, 6.07) is 6.53. The Bertz CT molecular complexity index is 1030. The number of nitro groups is 1. The van der Waals surface area contributed by atoms with Gasteiger partial charge in [0.05, 0.1) is 35.9 Å². The summed E-state index contributed by atoms with van der Waals surface area (Å²) in [7, 11) is 1.26. The Kier molecular flexibility index (Phi) is 5.99. The summed E-state index contributed by atoms with van der Waals surface area (Å²) in [6.45, 7) is -0.882. The number of alkyl halides is 3. The zero-order valence-electron chi connectivity index (χ0n) is 16.0. The number of rotatable bonds is 5. The summed E-state index contributed by atoms with van der Waals surface area (Å²) in [5.41, 5.74) is -0.456. The Labute approximate surface area is 173 Å². The number of ether oxygens (including phenoxy) is 2. The van der Waals surface area contributed by atoms with E-state index in [2.05, 4.69) is 5.32 Å². The van der Waals surface area contributed by atoms with Crippen LogP contribution in [0.3, 0.4) is 0 Å². The first-order valence-corrected chi connectivity index (χ1v) is 8.84. The Morgan fingerprint density at radius 1 is 1.26 bits per heavy atom. The highest BCUT2D eigenvalue weighted by atomic mass is 19.4. The van der Waals surface area contributed by atoms with Crippen molar-refractivity contribution in [3.63, 3.8) is 0 Å². The summed E-state index contributed by atoms with van der Waals surface area (Å²) in [5.74, 6) is -2.13. The standard InChI is InChI=1S/C19H16F3N3O6/c1-30-14-7-6-11(25(28)29)8-15(14)31-10-18(27)24-13-5-3-2-4-12(13)23-17(26)9-16(24)19(20,21)22/h2-8,16H,9-10H2,1H3,(H,23,26). The number of nitrogens with zero attached hydrogens (tertiary/aromatic N) is 2. The van der Waals surface area contributed by atoms with E-state index < -0.39 is 42.0 Å². The number of nitrogens with one attached hydrogen (secondary N) is 1. The lowest BCUT2D eigenvalue weighted by molar-refractivity contribution is -0.385. The van der Waals surface area contributed by atoms with Gasteiger partial charge in [-0.05, 0) is 18.2 Å². The van der Waals surface area contributed by atoms with Crippen LogP contribution in [0.15, 0.2) is 42.5 Å². The van der Waals surface area contributed by atoms with Crippen molar-refractivity contribution in [1.29, 1.82) is 0 Å². The van der Waals surface area contributed by atoms with E-state index in [-0.39, 0.29) is 28.6 Å². The molecular weight excluding hydrogens is 423 g/mol. The van der Waals surface area contributed by atoms with Crippen LogP contribution >= 0.6 is 0 Å². The highest BCUT2D eigenvalue weighted by Crippen LogP contribution is 2.38. The van der Waals surface area contributed by atoms with Crippen LogP contribution in [0.5, 0.6) is 11.5 Å².